The van der Waals surface area contributed by atoms with E-state index in [0.717, 1.165) is 96.3 Å². The molecule has 87 heavy (non-hydrogen) atoms. The van der Waals surface area contributed by atoms with Gasteiger partial charge < -0.3 is 45.1 Å². The maximum Gasteiger partial charge on any atom is 0.306 e. The van der Waals surface area contributed by atoms with Gasteiger partial charge >= 0.3 is 5.97 Å². The Labute approximate surface area is 533 Å². The lowest BCUT2D eigenvalue weighted by atomic mass is 9.99. The molecule has 1 heterocycles. The van der Waals surface area contributed by atoms with E-state index < -0.39 is 67.4 Å². The molecule has 1 fully saturated rings. The lowest BCUT2D eigenvalue weighted by Crippen LogP contribution is -2.61. The van der Waals surface area contributed by atoms with Crippen molar-refractivity contribution in [3.8, 4) is 0 Å². The zero-order chi connectivity index (χ0) is 63.1. The van der Waals surface area contributed by atoms with Crippen LogP contribution in [0.5, 0.6) is 0 Å². The number of hydrogen-bond donors (Lipinski definition) is 6. The molecule has 1 saturated heterocycles. The number of aliphatic hydroxyl groups is 5. The third-order valence-corrected chi connectivity index (χ3v) is 16.8. The number of aliphatic hydroxyl groups excluding tert-OH is 5. The van der Waals surface area contributed by atoms with Gasteiger partial charge in [-0.05, 0) is 103 Å². The van der Waals surface area contributed by atoms with Gasteiger partial charge in [-0.15, -0.1) is 0 Å². The van der Waals surface area contributed by atoms with Gasteiger partial charge in [0.05, 0.1) is 25.4 Å². The Morgan fingerprint density at radius 2 is 0.793 bits per heavy atom. The van der Waals surface area contributed by atoms with Crippen LogP contribution in [0.4, 0.5) is 0 Å². The van der Waals surface area contributed by atoms with Crippen LogP contribution in [0.1, 0.15) is 323 Å². The number of allylic oxidation sites excluding steroid dienone is 13. The van der Waals surface area contributed by atoms with E-state index in [2.05, 4.69) is 99.0 Å². The molecule has 6 N–H and O–H groups in total. The van der Waals surface area contributed by atoms with E-state index in [9.17, 15) is 35.1 Å². The molecule has 0 aromatic rings. The lowest BCUT2D eigenvalue weighted by molar-refractivity contribution is -0.305. The number of nitrogens with one attached hydrogen (secondary N) is 1. The van der Waals surface area contributed by atoms with Crippen molar-refractivity contribution >= 4 is 11.9 Å². The second kappa shape index (κ2) is 63.0. The van der Waals surface area contributed by atoms with E-state index in [4.69, 9.17) is 14.2 Å². The first-order chi connectivity index (χ1) is 42.7. The lowest BCUT2D eigenvalue weighted by Gasteiger charge is -2.41. The number of carbonyl (C=O) groups is 2. The molecule has 8 unspecified atom stereocenters. The molecule has 0 saturated carbocycles. The fraction of sp³-hybridized carbons (Fsp3) is 0.789. The second-order valence-corrected chi connectivity index (χ2v) is 25.0. The number of unbranched alkanes of at least 4 members (excludes halogenated alkanes) is 36. The van der Waals surface area contributed by atoms with Crippen LogP contribution in [0.2, 0.25) is 0 Å². The predicted molar refractivity (Wildman–Crippen MR) is 366 cm³/mol. The van der Waals surface area contributed by atoms with E-state index in [0.29, 0.717) is 12.8 Å². The van der Waals surface area contributed by atoms with E-state index in [1.54, 1.807) is 6.08 Å². The van der Waals surface area contributed by atoms with Gasteiger partial charge in [0.15, 0.2) is 12.4 Å². The number of carbonyl (C=O) groups excluding carboxylic acids is 2. The summed E-state index contributed by atoms with van der Waals surface area (Å²) >= 11 is 0. The maximum absolute atomic E-state index is 13.5. The van der Waals surface area contributed by atoms with Gasteiger partial charge in [-0.2, -0.15) is 0 Å². The average molecular weight is 1220 g/mol. The van der Waals surface area contributed by atoms with E-state index >= 15 is 0 Å². The first-order valence-electron chi connectivity index (χ1n) is 36.4. The Morgan fingerprint density at radius 1 is 0.448 bits per heavy atom. The molecule has 0 aliphatic carbocycles. The monoisotopic (exact) mass is 1220 g/mol. The van der Waals surface area contributed by atoms with Crippen molar-refractivity contribution in [1.29, 1.82) is 0 Å². The highest BCUT2D eigenvalue weighted by molar-refractivity contribution is 5.80. The fourth-order valence-corrected chi connectivity index (χ4v) is 11.0. The zero-order valence-electron chi connectivity index (χ0n) is 56.1. The van der Waals surface area contributed by atoms with Crippen LogP contribution < -0.4 is 5.32 Å². The van der Waals surface area contributed by atoms with Crippen molar-refractivity contribution in [3.63, 3.8) is 0 Å². The molecule has 0 aromatic heterocycles. The molecular formula is C76H135NO10. The number of rotatable bonds is 62. The zero-order valence-corrected chi connectivity index (χ0v) is 56.1. The van der Waals surface area contributed by atoms with Crippen LogP contribution in [0, 0.1) is 0 Å². The Kier molecular flexibility index (Phi) is 59.3. The minimum absolute atomic E-state index is 0.101. The van der Waals surface area contributed by atoms with E-state index in [1.807, 2.05) is 6.08 Å². The summed E-state index contributed by atoms with van der Waals surface area (Å²) < 4.78 is 17.7. The number of ether oxygens (including phenoxy) is 3. The van der Waals surface area contributed by atoms with Crippen molar-refractivity contribution in [2.45, 2.75) is 372 Å². The average Bonchev–Trinajstić information content (AvgIpc) is 3.60. The molecule has 0 aromatic carbocycles. The molecule has 0 bridgehead atoms. The van der Waals surface area contributed by atoms with Crippen molar-refractivity contribution in [1.82, 2.24) is 5.32 Å². The summed E-state index contributed by atoms with van der Waals surface area (Å²) in [4.78, 5) is 26.7. The van der Waals surface area contributed by atoms with Gasteiger partial charge in [0.25, 0.3) is 0 Å². The van der Waals surface area contributed by atoms with Crippen LogP contribution in [0.3, 0.4) is 0 Å². The van der Waals surface area contributed by atoms with Gasteiger partial charge in [-0.3, -0.25) is 9.59 Å². The molecule has 0 spiro atoms. The van der Waals surface area contributed by atoms with Gasteiger partial charge in [0.1, 0.15) is 24.4 Å². The highest BCUT2D eigenvalue weighted by atomic mass is 16.7. The quantitative estimate of drug-likeness (QED) is 0.0195. The highest BCUT2D eigenvalue weighted by Gasteiger charge is 2.47. The van der Waals surface area contributed by atoms with Crippen molar-refractivity contribution in [2.75, 3.05) is 13.2 Å². The summed E-state index contributed by atoms with van der Waals surface area (Å²) in [5, 5.41) is 57.2. The van der Waals surface area contributed by atoms with Crippen molar-refractivity contribution in [2.24, 2.45) is 0 Å². The molecule has 1 amide bonds. The molecular weight excluding hydrogens is 1090 g/mol. The summed E-state index contributed by atoms with van der Waals surface area (Å²) in [5.41, 5.74) is 0. The van der Waals surface area contributed by atoms with Crippen LogP contribution in [-0.2, 0) is 23.8 Å². The summed E-state index contributed by atoms with van der Waals surface area (Å²) in [5.74, 6) is -1.21. The second-order valence-electron chi connectivity index (χ2n) is 25.0. The van der Waals surface area contributed by atoms with Crippen LogP contribution in [-0.4, -0.2) is 99.6 Å². The van der Waals surface area contributed by atoms with Gasteiger partial charge in [0.2, 0.25) is 5.91 Å². The molecule has 1 aliphatic rings. The Balaban J connectivity index is 2.55. The molecule has 11 nitrogen and oxygen atoms in total. The number of hydrogen-bond acceptors (Lipinski definition) is 10. The van der Waals surface area contributed by atoms with Gasteiger partial charge in [-0.25, -0.2) is 0 Å². The minimum Gasteiger partial charge on any atom is -0.454 e. The van der Waals surface area contributed by atoms with Crippen LogP contribution >= 0.6 is 0 Å². The predicted octanol–water partition coefficient (Wildman–Crippen LogP) is 18.8. The fourth-order valence-electron chi connectivity index (χ4n) is 11.0. The smallest absolute Gasteiger partial charge is 0.306 e. The van der Waals surface area contributed by atoms with E-state index in [1.165, 1.54) is 180 Å². The number of amides is 1. The Hall–Kier alpha value is -3.16. The molecule has 1 aliphatic heterocycles. The largest absolute Gasteiger partial charge is 0.454 e. The summed E-state index contributed by atoms with van der Waals surface area (Å²) in [6.45, 7) is 5.75. The standard InChI is InChI=1S/C76H135NO10/c1-4-7-10-13-16-19-22-24-26-28-30-32-33-34-35-36-38-39-41-43-45-48-51-54-57-60-63-69(80)75(84)77-67(68(79)62-59-56-53-50-47-21-18-15-12-9-6-3)66-85-76-74(73(83)72(82)70(65-78)86-76)87-71(81)64-61-58-55-52-49-46-44-42-40-37-31-29-27-25-23-20-17-14-11-8-5-2/h16-17,19-20,24-27,31,37,42,44,59,62,67-70,72-74,76,78-80,82-83H,4-15,18,21-23,28-30,32-36,38-41,43,45-58,60-61,63-66H2,1-3H3,(H,77,84)/b19-16-,20-17-,26-24-,27-25-,37-31-,44-42-,62-59+. The summed E-state index contributed by atoms with van der Waals surface area (Å²) in [6, 6.07) is -1.03. The normalized spacial score (nSPS) is 18.7. The molecule has 11 heteroatoms. The highest BCUT2D eigenvalue weighted by Crippen LogP contribution is 2.26. The maximum atomic E-state index is 13.5. The van der Waals surface area contributed by atoms with Crippen LogP contribution in [0.15, 0.2) is 85.1 Å². The molecule has 1 rings (SSSR count). The molecule has 0 radical (unpaired) electrons. The minimum atomic E-state index is -1.63. The van der Waals surface area contributed by atoms with Gasteiger partial charge in [-0.1, -0.05) is 298 Å². The molecule has 8 atom stereocenters. The third-order valence-electron chi connectivity index (χ3n) is 16.8. The SMILES string of the molecule is CCCCC/C=C\C/C=C\C/C=C\C/C=C\CCCCCCCC(=O)OC1C(OCC(NC(=O)C(O)CCCCCCCCCCCCCCCCCC/C=C\C/C=C\CCCCC)C(O)/C=C/CCCCCCCCCCC)OC(CO)C(O)C1O. The summed E-state index contributed by atoms with van der Waals surface area (Å²) in [7, 11) is 0. The van der Waals surface area contributed by atoms with Crippen molar-refractivity contribution < 1.29 is 49.3 Å². The first-order valence-corrected chi connectivity index (χ1v) is 36.4. The Bertz CT molecular complexity index is 1740. The topological polar surface area (TPSA) is 175 Å². The van der Waals surface area contributed by atoms with Crippen molar-refractivity contribution in [3.05, 3.63) is 85.1 Å². The van der Waals surface area contributed by atoms with Gasteiger partial charge in [0, 0.05) is 6.42 Å². The summed E-state index contributed by atoms with van der Waals surface area (Å²) in [6.07, 6.45) is 73.4. The molecule has 504 valence electrons. The number of esters is 1. The van der Waals surface area contributed by atoms with E-state index in [-0.39, 0.29) is 19.4 Å². The first kappa shape index (κ1) is 81.9. The van der Waals surface area contributed by atoms with Crippen LogP contribution in [0.25, 0.3) is 0 Å². The third kappa shape index (κ3) is 50.2. The Morgan fingerprint density at radius 3 is 1.21 bits per heavy atom.